The lowest BCUT2D eigenvalue weighted by atomic mass is 10.2. The van der Waals surface area contributed by atoms with Gasteiger partial charge in [-0.05, 0) is 11.1 Å². The van der Waals surface area contributed by atoms with Gasteiger partial charge in [-0.3, -0.25) is 0 Å². The van der Waals surface area contributed by atoms with Crippen molar-refractivity contribution in [2.75, 3.05) is 0 Å². The van der Waals surface area contributed by atoms with E-state index in [2.05, 4.69) is 0 Å². The first-order valence-corrected chi connectivity index (χ1v) is 3.32. The molecule has 0 aromatic carbocycles. The molecular weight excluding hydrogens is 120 g/mol. The van der Waals surface area contributed by atoms with Gasteiger partial charge in [-0.25, -0.2) is 0 Å². The van der Waals surface area contributed by atoms with E-state index < -0.39 is 0 Å². The highest BCUT2D eigenvalue weighted by molar-refractivity contribution is 5.65. The van der Waals surface area contributed by atoms with E-state index in [0.717, 1.165) is 11.1 Å². The lowest BCUT2D eigenvalue weighted by Crippen LogP contribution is -1.59. The van der Waals surface area contributed by atoms with Crippen molar-refractivity contribution in [1.82, 2.24) is 0 Å². The third-order valence-corrected chi connectivity index (χ3v) is 1.58. The van der Waals surface area contributed by atoms with Gasteiger partial charge in [0, 0.05) is 0 Å². The molecule has 2 aliphatic rings. The van der Waals surface area contributed by atoms with Crippen molar-refractivity contribution in [3.05, 3.63) is 48.5 Å². The zero-order chi connectivity index (χ0) is 7.68. The highest BCUT2D eigenvalue weighted by atomic mass is 14.0. The first-order valence-electron chi connectivity index (χ1n) is 3.82. The summed E-state index contributed by atoms with van der Waals surface area (Å²) in [6, 6.07) is 14.3. The third-order valence-electron chi connectivity index (χ3n) is 1.58. The highest BCUT2D eigenvalue weighted by Gasteiger charge is 1.94. The fourth-order valence-electron chi connectivity index (χ4n) is 1.06. The molecule has 0 amide bonds. The summed E-state index contributed by atoms with van der Waals surface area (Å²) in [4.78, 5) is 0. The third kappa shape index (κ3) is 0.781. The normalized spacial score (nSPS) is 11.4. The van der Waals surface area contributed by atoms with Gasteiger partial charge in [0.1, 0.15) is 0 Å². The summed E-state index contributed by atoms with van der Waals surface area (Å²) >= 11 is 0. The van der Waals surface area contributed by atoms with Crippen molar-refractivity contribution in [1.29, 1.82) is 0 Å². The SMILES string of the molecule is [2H]c1cc2cccccc-2c1. The van der Waals surface area contributed by atoms with Crippen LogP contribution in [0.3, 0.4) is 0 Å². The fraction of sp³-hybridized carbons (Fsp3) is 0. The average molecular weight is 129 g/mol. The van der Waals surface area contributed by atoms with Crippen molar-refractivity contribution in [2.24, 2.45) is 0 Å². The van der Waals surface area contributed by atoms with Crippen LogP contribution in [-0.2, 0) is 0 Å². The van der Waals surface area contributed by atoms with Gasteiger partial charge in [-0.1, -0.05) is 48.5 Å². The maximum atomic E-state index is 7.38. The van der Waals surface area contributed by atoms with Gasteiger partial charge in [0.25, 0.3) is 0 Å². The molecule has 0 saturated carbocycles. The monoisotopic (exact) mass is 129 g/mol. The van der Waals surface area contributed by atoms with Gasteiger partial charge in [0.15, 0.2) is 0 Å². The standard InChI is InChI=1S/C10H8/c1-2-5-9-7-4-8-10(9)6-3-1/h1-8H/i4D. The van der Waals surface area contributed by atoms with Crippen molar-refractivity contribution in [3.8, 4) is 11.1 Å². The van der Waals surface area contributed by atoms with Gasteiger partial charge in [0.05, 0.1) is 1.37 Å². The maximum absolute atomic E-state index is 7.38. The molecule has 10 heavy (non-hydrogen) atoms. The Morgan fingerprint density at radius 2 is 1.40 bits per heavy atom. The maximum Gasteiger partial charge on any atom is 0.0623 e. The second kappa shape index (κ2) is 2.14. The second-order valence-corrected chi connectivity index (χ2v) is 2.28. The summed E-state index contributed by atoms with van der Waals surface area (Å²) < 4.78 is 7.38. The smallest absolute Gasteiger partial charge is 0.0622 e. The average Bonchev–Trinajstić information content (AvgIpc) is 2.17. The molecule has 0 aromatic rings. The van der Waals surface area contributed by atoms with Gasteiger partial charge < -0.3 is 0 Å². The molecule has 0 aliphatic heterocycles. The molecule has 2 rings (SSSR count). The minimum atomic E-state index is 0.589. The molecule has 2 aliphatic carbocycles. The van der Waals surface area contributed by atoms with Crippen molar-refractivity contribution in [2.45, 2.75) is 0 Å². The highest BCUT2D eigenvalue weighted by Crippen LogP contribution is 2.19. The van der Waals surface area contributed by atoms with E-state index in [1.807, 2.05) is 42.5 Å². The van der Waals surface area contributed by atoms with Crippen molar-refractivity contribution < 1.29 is 1.37 Å². The first-order chi connectivity index (χ1) is 5.36. The first kappa shape index (κ1) is 4.51. The Kier molecular flexibility index (Phi) is 0.966. The predicted molar refractivity (Wildman–Crippen MR) is 43.1 cm³/mol. The molecule has 48 valence electrons. The van der Waals surface area contributed by atoms with Crippen LogP contribution in [0.5, 0.6) is 0 Å². The Morgan fingerprint density at radius 3 is 2.00 bits per heavy atom. The van der Waals surface area contributed by atoms with E-state index in [1.165, 1.54) is 0 Å². The Bertz CT molecular complexity index is 310. The van der Waals surface area contributed by atoms with Crippen LogP contribution >= 0.6 is 0 Å². The van der Waals surface area contributed by atoms with Crippen LogP contribution < -0.4 is 0 Å². The van der Waals surface area contributed by atoms with Crippen LogP contribution in [0.4, 0.5) is 0 Å². The molecule has 0 radical (unpaired) electrons. The number of fused-ring (bicyclic) bond motifs is 1. The number of hydrogen-bond acceptors (Lipinski definition) is 0. The summed E-state index contributed by atoms with van der Waals surface area (Å²) in [6.07, 6.45) is 0. The minimum Gasteiger partial charge on any atom is -0.0622 e. The topological polar surface area (TPSA) is 0 Å². The van der Waals surface area contributed by atoms with Crippen LogP contribution in [0.2, 0.25) is 0 Å². The van der Waals surface area contributed by atoms with Crippen LogP contribution in [0.15, 0.2) is 48.5 Å². The molecule has 0 fully saturated rings. The summed E-state index contributed by atoms with van der Waals surface area (Å²) in [7, 11) is 0. The van der Waals surface area contributed by atoms with Crippen LogP contribution in [-0.4, -0.2) is 0 Å². The summed E-state index contributed by atoms with van der Waals surface area (Å²) in [5, 5.41) is 0. The lowest BCUT2D eigenvalue weighted by Gasteiger charge is -1.85. The van der Waals surface area contributed by atoms with E-state index in [9.17, 15) is 0 Å². The molecule has 0 nitrogen and oxygen atoms in total. The molecule has 0 bridgehead atoms. The molecule has 0 saturated heterocycles. The molecular formula is C10H8. The van der Waals surface area contributed by atoms with Gasteiger partial charge in [-0.15, -0.1) is 0 Å². The van der Waals surface area contributed by atoms with E-state index in [4.69, 9.17) is 1.37 Å². The van der Waals surface area contributed by atoms with Crippen molar-refractivity contribution >= 4 is 0 Å². The van der Waals surface area contributed by atoms with Gasteiger partial charge in [-0.2, -0.15) is 0 Å². The van der Waals surface area contributed by atoms with Gasteiger partial charge in [0.2, 0.25) is 0 Å². The molecule has 0 heterocycles. The number of rotatable bonds is 0. The van der Waals surface area contributed by atoms with Crippen molar-refractivity contribution in [3.63, 3.8) is 0 Å². The predicted octanol–water partition coefficient (Wildman–Crippen LogP) is 2.79. The Hall–Kier alpha value is -1.30. The number of hydrogen-bond donors (Lipinski definition) is 0. The van der Waals surface area contributed by atoms with E-state index in [-0.39, 0.29) is 0 Å². The molecule has 0 heteroatoms. The minimum absolute atomic E-state index is 0.589. The summed E-state index contributed by atoms with van der Waals surface area (Å²) in [6.45, 7) is 0. The summed E-state index contributed by atoms with van der Waals surface area (Å²) in [5.74, 6) is 0. The largest absolute Gasteiger partial charge is 0.0623 e. The zero-order valence-corrected chi connectivity index (χ0v) is 5.54. The molecule has 0 aromatic heterocycles. The molecule has 0 unspecified atom stereocenters. The lowest BCUT2D eigenvalue weighted by molar-refractivity contribution is 1.84. The second-order valence-electron chi connectivity index (χ2n) is 2.28. The van der Waals surface area contributed by atoms with E-state index in [0.29, 0.717) is 6.04 Å². The Balaban J connectivity index is 2.73. The Morgan fingerprint density at radius 1 is 0.800 bits per heavy atom. The summed E-state index contributed by atoms with van der Waals surface area (Å²) in [5.41, 5.74) is 2.28. The Labute approximate surface area is 61.9 Å². The molecule has 0 spiro atoms. The van der Waals surface area contributed by atoms with Crippen LogP contribution in [0.25, 0.3) is 11.1 Å². The van der Waals surface area contributed by atoms with Gasteiger partial charge >= 0.3 is 0 Å². The fourth-order valence-corrected chi connectivity index (χ4v) is 1.06. The zero-order valence-electron chi connectivity index (χ0n) is 6.54. The van der Waals surface area contributed by atoms with E-state index >= 15 is 0 Å². The van der Waals surface area contributed by atoms with Crippen LogP contribution in [0, 0.1) is 0 Å². The molecule has 0 N–H and O–H groups in total. The van der Waals surface area contributed by atoms with E-state index in [1.54, 1.807) is 0 Å². The quantitative estimate of drug-likeness (QED) is 0.513. The van der Waals surface area contributed by atoms with Crippen LogP contribution in [0.1, 0.15) is 1.37 Å². The molecule has 0 atom stereocenters.